The molecule has 102 valence electrons. The van der Waals surface area contributed by atoms with E-state index < -0.39 is 5.91 Å². The molecule has 0 saturated carbocycles. The van der Waals surface area contributed by atoms with E-state index >= 15 is 0 Å². The largest absolute Gasteiger partial charge is 0.506 e. The predicted molar refractivity (Wildman–Crippen MR) is 78.5 cm³/mol. The van der Waals surface area contributed by atoms with Crippen LogP contribution >= 0.6 is 0 Å². The molecule has 2 aromatic carbocycles. The number of primary amides is 1. The number of ether oxygens (including phenoxy) is 1. The molecule has 0 saturated heterocycles. The lowest BCUT2D eigenvalue weighted by Crippen LogP contribution is -2.11. The van der Waals surface area contributed by atoms with Crippen molar-refractivity contribution in [1.29, 1.82) is 0 Å². The summed E-state index contributed by atoms with van der Waals surface area (Å²) in [5.74, 6) is -0.0134. The van der Waals surface area contributed by atoms with Crippen molar-refractivity contribution in [3.05, 3.63) is 59.2 Å². The highest BCUT2D eigenvalue weighted by Crippen LogP contribution is 2.24. The molecule has 1 amide bonds. The third kappa shape index (κ3) is 2.98. The lowest BCUT2D eigenvalue weighted by atomic mass is 10.1. The number of nitrogens with two attached hydrogens (primary N) is 1. The molecule has 0 bridgehead atoms. The molecule has 0 aliphatic rings. The van der Waals surface area contributed by atoms with Gasteiger partial charge in [-0.25, -0.2) is 0 Å². The highest BCUT2D eigenvalue weighted by atomic mass is 16.5. The van der Waals surface area contributed by atoms with Gasteiger partial charge in [-0.2, -0.15) is 0 Å². The normalized spacial score (nSPS) is 10.7. The molecule has 0 unspecified atom stereocenters. The number of amides is 1. The number of carbonyl (C=O) groups is 1. The van der Waals surface area contributed by atoms with Crippen LogP contribution in [0.4, 0.5) is 0 Å². The molecule has 0 heterocycles. The van der Waals surface area contributed by atoms with Crippen LogP contribution < -0.4 is 10.5 Å². The SMILES string of the molecule is COc1cccc(/C=C/c2cccc(C(N)=O)c2O)c1. The summed E-state index contributed by atoms with van der Waals surface area (Å²) in [5, 5.41) is 9.96. The van der Waals surface area contributed by atoms with Gasteiger partial charge < -0.3 is 15.6 Å². The van der Waals surface area contributed by atoms with Crippen LogP contribution in [0.3, 0.4) is 0 Å². The Hall–Kier alpha value is -2.75. The molecular weight excluding hydrogens is 254 g/mol. The fraction of sp³-hybridized carbons (Fsp3) is 0.0625. The third-order valence-electron chi connectivity index (χ3n) is 2.88. The van der Waals surface area contributed by atoms with E-state index in [9.17, 15) is 9.90 Å². The van der Waals surface area contributed by atoms with Crippen molar-refractivity contribution in [2.75, 3.05) is 7.11 Å². The lowest BCUT2D eigenvalue weighted by molar-refractivity contribution is 0.0997. The zero-order valence-electron chi connectivity index (χ0n) is 11.0. The summed E-state index contributed by atoms with van der Waals surface area (Å²) in [5.41, 5.74) is 6.75. The van der Waals surface area contributed by atoms with Gasteiger partial charge in [0.05, 0.1) is 12.7 Å². The van der Waals surface area contributed by atoms with E-state index in [-0.39, 0.29) is 11.3 Å². The molecule has 0 fully saturated rings. The van der Waals surface area contributed by atoms with Crippen molar-refractivity contribution in [3.8, 4) is 11.5 Å². The maximum atomic E-state index is 11.2. The fourth-order valence-electron chi connectivity index (χ4n) is 1.83. The number of carbonyl (C=O) groups excluding carboxylic acids is 1. The first kappa shape index (κ1) is 13.7. The number of aromatic hydroxyl groups is 1. The van der Waals surface area contributed by atoms with E-state index in [0.717, 1.165) is 11.3 Å². The zero-order chi connectivity index (χ0) is 14.5. The molecule has 0 atom stereocenters. The van der Waals surface area contributed by atoms with E-state index in [1.807, 2.05) is 30.3 Å². The van der Waals surface area contributed by atoms with E-state index in [0.29, 0.717) is 5.56 Å². The second kappa shape index (κ2) is 5.93. The van der Waals surface area contributed by atoms with Crippen LogP contribution in [0.1, 0.15) is 21.5 Å². The first-order chi connectivity index (χ1) is 9.61. The lowest BCUT2D eigenvalue weighted by Gasteiger charge is -2.04. The van der Waals surface area contributed by atoms with Crippen LogP contribution in [0, 0.1) is 0 Å². The van der Waals surface area contributed by atoms with Crippen molar-refractivity contribution >= 4 is 18.1 Å². The predicted octanol–water partition coefficient (Wildman–Crippen LogP) is 2.67. The van der Waals surface area contributed by atoms with E-state index in [2.05, 4.69) is 0 Å². The van der Waals surface area contributed by atoms with E-state index in [1.54, 1.807) is 25.3 Å². The smallest absolute Gasteiger partial charge is 0.252 e. The first-order valence-corrected chi connectivity index (χ1v) is 6.05. The number of phenols is 1. The zero-order valence-corrected chi connectivity index (χ0v) is 11.0. The van der Waals surface area contributed by atoms with Crippen molar-refractivity contribution < 1.29 is 14.6 Å². The minimum Gasteiger partial charge on any atom is -0.506 e. The molecule has 2 rings (SSSR count). The maximum Gasteiger partial charge on any atom is 0.252 e. The van der Waals surface area contributed by atoms with Gasteiger partial charge in [-0.1, -0.05) is 36.4 Å². The third-order valence-corrected chi connectivity index (χ3v) is 2.88. The van der Waals surface area contributed by atoms with Gasteiger partial charge in [0.25, 0.3) is 5.91 Å². The first-order valence-electron chi connectivity index (χ1n) is 6.05. The van der Waals surface area contributed by atoms with Crippen LogP contribution in [-0.4, -0.2) is 18.1 Å². The molecule has 0 aliphatic heterocycles. The fourth-order valence-corrected chi connectivity index (χ4v) is 1.83. The number of methoxy groups -OCH3 is 1. The van der Waals surface area contributed by atoms with Crippen LogP contribution in [-0.2, 0) is 0 Å². The molecule has 0 aliphatic carbocycles. The Morgan fingerprint density at radius 2 is 1.95 bits per heavy atom. The van der Waals surface area contributed by atoms with E-state index in [1.165, 1.54) is 6.07 Å². The van der Waals surface area contributed by atoms with Crippen molar-refractivity contribution in [2.24, 2.45) is 5.73 Å². The number of benzene rings is 2. The van der Waals surface area contributed by atoms with Crippen molar-refractivity contribution in [3.63, 3.8) is 0 Å². The molecular formula is C16H15NO3. The van der Waals surface area contributed by atoms with Gasteiger partial charge in [-0.05, 0) is 23.8 Å². The van der Waals surface area contributed by atoms with Gasteiger partial charge >= 0.3 is 0 Å². The summed E-state index contributed by atoms with van der Waals surface area (Å²) in [6.45, 7) is 0. The standard InChI is InChI=1S/C16H15NO3/c1-20-13-6-2-4-11(10-13)8-9-12-5-3-7-14(15(12)18)16(17)19/h2-10,18H,1H3,(H2,17,19)/b9-8+. The highest BCUT2D eigenvalue weighted by molar-refractivity contribution is 5.97. The van der Waals surface area contributed by atoms with Crippen LogP contribution in [0.5, 0.6) is 11.5 Å². The Bertz CT molecular complexity index is 663. The maximum absolute atomic E-state index is 11.2. The Labute approximate surface area is 117 Å². The molecule has 0 aromatic heterocycles. The second-order valence-electron chi connectivity index (χ2n) is 4.22. The Morgan fingerprint density at radius 1 is 1.20 bits per heavy atom. The van der Waals surface area contributed by atoms with Crippen LogP contribution in [0.15, 0.2) is 42.5 Å². The van der Waals surface area contributed by atoms with Gasteiger partial charge in [-0.15, -0.1) is 0 Å². The molecule has 4 heteroatoms. The van der Waals surface area contributed by atoms with Gasteiger partial charge in [0.1, 0.15) is 11.5 Å². The minimum absolute atomic E-state index is 0.109. The second-order valence-corrected chi connectivity index (χ2v) is 4.22. The van der Waals surface area contributed by atoms with Crippen LogP contribution in [0.25, 0.3) is 12.2 Å². The molecule has 3 N–H and O–H groups in total. The van der Waals surface area contributed by atoms with Gasteiger partial charge in [-0.3, -0.25) is 4.79 Å². The summed E-state index contributed by atoms with van der Waals surface area (Å²) in [6, 6.07) is 12.4. The van der Waals surface area contributed by atoms with Crippen molar-refractivity contribution in [1.82, 2.24) is 0 Å². The quantitative estimate of drug-likeness (QED) is 0.838. The Morgan fingerprint density at radius 3 is 2.65 bits per heavy atom. The summed E-state index contributed by atoms with van der Waals surface area (Å²) < 4.78 is 5.14. The number of rotatable bonds is 4. The van der Waals surface area contributed by atoms with Crippen LogP contribution in [0.2, 0.25) is 0 Å². The average molecular weight is 269 g/mol. The average Bonchev–Trinajstić information content (AvgIpc) is 2.46. The summed E-state index contributed by atoms with van der Waals surface area (Å²) in [6.07, 6.45) is 3.54. The molecule has 0 spiro atoms. The van der Waals surface area contributed by atoms with Gasteiger partial charge in [0, 0.05) is 5.56 Å². The highest BCUT2D eigenvalue weighted by Gasteiger charge is 2.09. The minimum atomic E-state index is -0.654. The van der Waals surface area contributed by atoms with E-state index in [4.69, 9.17) is 10.5 Å². The summed E-state index contributed by atoms with van der Waals surface area (Å²) in [4.78, 5) is 11.2. The van der Waals surface area contributed by atoms with Gasteiger partial charge in [0.2, 0.25) is 0 Å². The Balaban J connectivity index is 2.31. The van der Waals surface area contributed by atoms with Gasteiger partial charge in [0.15, 0.2) is 0 Å². The number of para-hydroxylation sites is 1. The monoisotopic (exact) mass is 269 g/mol. The summed E-state index contributed by atoms with van der Waals surface area (Å²) in [7, 11) is 1.60. The summed E-state index contributed by atoms with van der Waals surface area (Å²) >= 11 is 0. The molecule has 20 heavy (non-hydrogen) atoms. The Kier molecular flexibility index (Phi) is 4.05. The number of hydrogen-bond acceptors (Lipinski definition) is 3. The molecule has 0 radical (unpaired) electrons. The molecule has 2 aromatic rings. The van der Waals surface area contributed by atoms with Crippen molar-refractivity contribution in [2.45, 2.75) is 0 Å². The topological polar surface area (TPSA) is 72.5 Å². The molecule has 4 nitrogen and oxygen atoms in total. The number of hydrogen-bond donors (Lipinski definition) is 2.